The molecule has 1 aromatic rings. The van der Waals surface area contributed by atoms with E-state index in [1.54, 1.807) is 12.1 Å². The Kier molecular flexibility index (Phi) is 5.02. The molecule has 0 aliphatic heterocycles. The van der Waals surface area contributed by atoms with Gasteiger partial charge in [0, 0.05) is 12.6 Å². The number of nitrogens with one attached hydrogen (secondary N) is 1. The lowest BCUT2D eigenvalue weighted by molar-refractivity contribution is 0.278. The number of hydrogen-bond acceptors (Lipinski definition) is 1. The molecule has 18 heavy (non-hydrogen) atoms. The van der Waals surface area contributed by atoms with E-state index in [0.29, 0.717) is 6.04 Å². The molecule has 100 valence electrons. The van der Waals surface area contributed by atoms with Crippen LogP contribution in [0.5, 0.6) is 0 Å². The number of halogens is 2. The highest BCUT2D eigenvalue weighted by Gasteiger charge is 2.20. The zero-order chi connectivity index (χ0) is 13.0. The van der Waals surface area contributed by atoms with Crippen molar-refractivity contribution >= 4 is 11.6 Å². The molecule has 0 amide bonds. The van der Waals surface area contributed by atoms with Crippen LogP contribution in [0, 0.1) is 11.7 Å². The summed E-state index contributed by atoms with van der Waals surface area (Å²) in [4.78, 5) is 0. The molecule has 1 saturated carbocycles. The van der Waals surface area contributed by atoms with Crippen molar-refractivity contribution in [3.63, 3.8) is 0 Å². The molecule has 1 fully saturated rings. The largest absolute Gasteiger partial charge is 0.310 e. The molecule has 2 unspecified atom stereocenters. The standard InChI is InChI=1S/C15H21ClFN/c1-2-11-4-3-5-13(8-11)18-10-12-6-7-15(17)14(16)9-12/h6-7,9,11,13,18H,2-5,8,10H2,1H3. The first kappa shape index (κ1) is 13.8. The summed E-state index contributed by atoms with van der Waals surface area (Å²) in [7, 11) is 0. The Morgan fingerprint density at radius 2 is 2.22 bits per heavy atom. The fraction of sp³-hybridized carbons (Fsp3) is 0.600. The van der Waals surface area contributed by atoms with Gasteiger partial charge in [0.25, 0.3) is 0 Å². The zero-order valence-electron chi connectivity index (χ0n) is 10.9. The quantitative estimate of drug-likeness (QED) is 0.846. The smallest absolute Gasteiger partial charge is 0.141 e. The highest BCUT2D eigenvalue weighted by Crippen LogP contribution is 2.26. The Morgan fingerprint density at radius 3 is 2.94 bits per heavy atom. The third kappa shape index (κ3) is 3.69. The predicted molar refractivity (Wildman–Crippen MR) is 74.3 cm³/mol. The Morgan fingerprint density at radius 1 is 1.39 bits per heavy atom. The van der Waals surface area contributed by atoms with Crippen LogP contribution in [0.2, 0.25) is 5.02 Å². The minimum absolute atomic E-state index is 0.212. The zero-order valence-corrected chi connectivity index (χ0v) is 11.6. The second-order valence-electron chi connectivity index (χ2n) is 5.27. The van der Waals surface area contributed by atoms with E-state index in [9.17, 15) is 4.39 Å². The van der Waals surface area contributed by atoms with Gasteiger partial charge in [-0.15, -0.1) is 0 Å². The van der Waals surface area contributed by atoms with E-state index in [0.717, 1.165) is 18.0 Å². The Hall–Kier alpha value is -0.600. The average Bonchev–Trinajstić information content (AvgIpc) is 2.40. The van der Waals surface area contributed by atoms with Gasteiger partial charge in [0.15, 0.2) is 0 Å². The van der Waals surface area contributed by atoms with Gasteiger partial charge in [-0.3, -0.25) is 0 Å². The van der Waals surface area contributed by atoms with Crippen LogP contribution in [-0.2, 0) is 6.54 Å². The van der Waals surface area contributed by atoms with Gasteiger partial charge in [-0.05, 0) is 36.5 Å². The van der Waals surface area contributed by atoms with Crippen molar-refractivity contribution in [3.8, 4) is 0 Å². The van der Waals surface area contributed by atoms with Gasteiger partial charge in [-0.2, -0.15) is 0 Å². The fourth-order valence-corrected chi connectivity index (χ4v) is 2.96. The van der Waals surface area contributed by atoms with E-state index in [2.05, 4.69) is 12.2 Å². The van der Waals surface area contributed by atoms with Gasteiger partial charge in [0.2, 0.25) is 0 Å². The van der Waals surface area contributed by atoms with E-state index in [1.807, 2.05) is 0 Å². The topological polar surface area (TPSA) is 12.0 Å². The van der Waals surface area contributed by atoms with Gasteiger partial charge in [-0.1, -0.05) is 43.9 Å². The number of benzene rings is 1. The monoisotopic (exact) mass is 269 g/mol. The Labute approximate surface area is 114 Å². The van der Waals surface area contributed by atoms with Crippen LogP contribution in [0.4, 0.5) is 4.39 Å². The van der Waals surface area contributed by atoms with E-state index < -0.39 is 0 Å². The maximum Gasteiger partial charge on any atom is 0.141 e. The number of hydrogen-bond donors (Lipinski definition) is 1. The summed E-state index contributed by atoms with van der Waals surface area (Å²) in [5.41, 5.74) is 1.06. The molecule has 0 saturated heterocycles. The van der Waals surface area contributed by atoms with Gasteiger partial charge >= 0.3 is 0 Å². The molecule has 1 nitrogen and oxygen atoms in total. The van der Waals surface area contributed by atoms with Crippen LogP contribution in [0.3, 0.4) is 0 Å². The lowest BCUT2D eigenvalue weighted by Gasteiger charge is -2.29. The third-order valence-corrected chi connectivity index (χ3v) is 4.23. The summed E-state index contributed by atoms with van der Waals surface area (Å²) < 4.78 is 13.0. The van der Waals surface area contributed by atoms with E-state index in [-0.39, 0.29) is 10.8 Å². The normalized spacial score (nSPS) is 24.2. The minimum atomic E-state index is -0.343. The van der Waals surface area contributed by atoms with Gasteiger partial charge < -0.3 is 5.32 Å². The molecular weight excluding hydrogens is 249 g/mol. The summed E-state index contributed by atoms with van der Waals surface area (Å²) in [5.74, 6) is 0.525. The molecule has 1 aliphatic rings. The van der Waals surface area contributed by atoms with Crippen molar-refractivity contribution in [2.45, 2.75) is 51.6 Å². The molecule has 1 aromatic carbocycles. The molecule has 0 spiro atoms. The van der Waals surface area contributed by atoms with Crippen molar-refractivity contribution in [2.24, 2.45) is 5.92 Å². The van der Waals surface area contributed by atoms with Crippen molar-refractivity contribution in [1.82, 2.24) is 5.32 Å². The summed E-state index contributed by atoms with van der Waals surface area (Å²) in [5, 5.41) is 3.78. The second kappa shape index (κ2) is 6.53. The van der Waals surface area contributed by atoms with E-state index in [4.69, 9.17) is 11.6 Å². The molecular formula is C15H21ClFN. The summed E-state index contributed by atoms with van der Waals surface area (Å²) >= 11 is 5.78. The van der Waals surface area contributed by atoms with Crippen LogP contribution in [0.1, 0.15) is 44.6 Å². The van der Waals surface area contributed by atoms with Crippen LogP contribution in [0.25, 0.3) is 0 Å². The molecule has 0 radical (unpaired) electrons. The molecule has 3 heteroatoms. The lowest BCUT2D eigenvalue weighted by Crippen LogP contribution is -2.33. The molecule has 2 atom stereocenters. The molecule has 0 heterocycles. The molecule has 1 N–H and O–H groups in total. The first-order chi connectivity index (χ1) is 8.69. The molecule has 0 aromatic heterocycles. The minimum Gasteiger partial charge on any atom is -0.310 e. The van der Waals surface area contributed by atoms with E-state index in [1.165, 1.54) is 38.2 Å². The van der Waals surface area contributed by atoms with Crippen LogP contribution in [0.15, 0.2) is 18.2 Å². The third-order valence-electron chi connectivity index (χ3n) is 3.94. The van der Waals surface area contributed by atoms with Crippen molar-refractivity contribution in [2.75, 3.05) is 0 Å². The Balaban J connectivity index is 1.85. The highest BCUT2D eigenvalue weighted by molar-refractivity contribution is 6.30. The van der Waals surface area contributed by atoms with Gasteiger partial charge in [-0.25, -0.2) is 4.39 Å². The van der Waals surface area contributed by atoms with Crippen LogP contribution >= 0.6 is 11.6 Å². The van der Waals surface area contributed by atoms with Gasteiger partial charge in [0.05, 0.1) is 5.02 Å². The second-order valence-corrected chi connectivity index (χ2v) is 5.67. The highest BCUT2D eigenvalue weighted by atomic mass is 35.5. The first-order valence-corrected chi connectivity index (χ1v) is 7.24. The summed E-state index contributed by atoms with van der Waals surface area (Å²) in [6.45, 7) is 3.05. The summed E-state index contributed by atoms with van der Waals surface area (Å²) in [6.07, 6.45) is 6.49. The maximum absolute atomic E-state index is 13.0. The SMILES string of the molecule is CCC1CCCC(NCc2ccc(F)c(Cl)c2)C1. The van der Waals surface area contributed by atoms with Crippen molar-refractivity contribution in [3.05, 3.63) is 34.6 Å². The first-order valence-electron chi connectivity index (χ1n) is 6.86. The molecule has 0 bridgehead atoms. The van der Waals surface area contributed by atoms with Gasteiger partial charge in [0.1, 0.15) is 5.82 Å². The average molecular weight is 270 g/mol. The van der Waals surface area contributed by atoms with E-state index >= 15 is 0 Å². The predicted octanol–water partition coefficient (Wildman–Crippen LogP) is 4.54. The fourth-order valence-electron chi connectivity index (χ4n) is 2.76. The van der Waals surface area contributed by atoms with Crippen molar-refractivity contribution < 1.29 is 4.39 Å². The maximum atomic E-state index is 13.0. The Bertz CT molecular complexity index is 394. The number of rotatable bonds is 4. The van der Waals surface area contributed by atoms with Crippen LogP contribution in [-0.4, -0.2) is 6.04 Å². The molecule has 1 aliphatic carbocycles. The van der Waals surface area contributed by atoms with Crippen LogP contribution < -0.4 is 5.32 Å². The summed E-state index contributed by atoms with van der Waals surface area (Å²) in [6, 6.07) is 5.56. The lowest BCUT2D eigenvalue weighted by atomic mass is 9.84. The molecule has 2 rings (SSSR count). The van der Waals surface area contributed by atoms with Crippen molar-refractivity contribution in [1.29, 1.82) is 0 Å².